The molecule has 1 heterocycles. The van der Waals surface area contributed by atoms with E-state index in [1.807, 2.05) is 28.7 Å². The van der Waals surface area contributed by atoms with E-state index in [4.69, 9.17) is 9.15 Å². The largest absolute Gasteiger partial charge is 0.452 e. The van der Waals surface area contributed by atoms with Gasteiger partial charge in [-0.3, -0.25) is 4.79 Å². The molecule has 0 aliphatic rings. The molecule has 0 radical (unpaired) electrons. The summed E-state index contributed by atoms with van der Waals surface area (Å²) in [5.74, 6) is -0.492. The average molecular weight is 476 g/mol. The average Bonchev–Trinajstić information content (AvgIpc) is 2.91. The van der Waals surface area contributed by atoms with Gasteiger partial charge in [0.1, 0.15) is 5.76 Å². The molecule has 22 heavy (non-hydrogen) atoms. The summed E-state index contributed by atoms with van der Waals surface area (Å²) in [6, 6.07) is 10.7. The van der Waals surface area contributed by atoms with Crippen molar-refractivity contribution in [3.05, 3.63) is 56.5 Å². The van der Waals surface area contributed by atoms with Crippen LogP contribution >= 0.6 is 38.5 Å². The molecule has 5 nitrogen and oxygen atoms in total. The first-order valence-corrected chi connectivity index (χ1v) is 8.06. The molecular formula is C15H11BrINO4. The second-order valence-electron chi connectivity index (χ2n) is 4.11. The number of rotatable bonds is 5. The molecule has 1 amide bonds. The minimum Gasteiger partial charge on any atom is -0.452 e. The molecule has 7 heteroatoms. The molecule has 1 N–H and O–H groups in total. The van der Waals surface area contributed by atoms with Crippen LogP contribution in [0.3, 0.4) is 0 Å². The highest BCUT2D eigenvalue weighted by Gasteiger charge is 2.07. The van der Waals surface area contributed by atoms with Crippen molar-refractivity contribution in [2.75, 3.05) is 11.9 Å². The molecule has 0 atom stereocenters. The maximum absolute atomic E-state index is 11.7. The number of carbonyl (C=O) groups excluding carboxylic acids is 2. The van der Waals surface area contributed by atoms with Gasteiger partial charge in [-0.15, -0.1) is 0 Å². The number of nitrogens with one attached hydrogen (secondary N) is 1. The summed E-state index contributed by atoms with van der Waals surface area (Å²) in [4.78, 5) is 23.2. The van der Waals surface area contributed by atoms with E-state index in [1.54, 1.807) is 30.3 Å². The third kappa shape index (κ3) is 5.30. The Balaban J connectivity index is 1.80. The SMILES string of the molecule is O=C(COC(=O)/C=C/c1ccc(I)o1)Nc1ccccc1Br. The summed E-state index contributed by atoms with van der Waals surface area (Å²) in [6.45, 7) is -0.361. The molecule has 0 fully saturated rings. The second kappa shape index (κ2) is 8.14. The van der Waals surface area contributed by atoms with E-state index in [0.29, 0.717) is 11.4 Å². The van der Waals surface area contributed by atoms with Crippen LogP contribution in [0.5, 0.6) is 0 Å². The number of furan rings is 1. The van der Waals surface area contributed by atoms with Gasteiger partial charge in [0.05, 0.1) is 5.69 Å². The zero-order valence-corrected chi connectivity index (χ0v) is 15.0. The number of esters is 1. The Morgan fingerprint density at radius 1 is 1.27 bits per heavy atom. The lowest BCUT2D eigenvalue weighted by atomic mass is 10.3. The van der Waals surface area contributed by atoms with Crippen molar-refractivity contribution < 1.29 is 18.7 Å². The van der Waals surface area contributed by atoms with Gasteiger partial charge in [0.15, 0.2) is 10.4 Å². The lowest BCUT2D eigenvalue weighted by Gasteiger charge is -2.06. The van der Waals surface area contributed by atoms with Crippen LogP contribution in [0, 0.1) is 3.77 Å². The van der Waals surface area contributed by atoms with Crippen LogP contribution in [0.15, 0.2) is 51.4 Å². The molecule has 0 bridgehead atoms. The summed E-state index contributed by atoms with van der Waals surface area (Å²) in [6.07, 6.45) is 2.69. The minimum absolute atomic E-state index is 0.361. The molecule has 2 aromatic rings. The predicted octanol–water partition coefficient (Wildman–Crippen LogP) is 3.84. The molecule has 1 aromatic carbocycles. The molecule has 0 saturated carbocycles. The topological polar surface area (TPSA) is 68.5 Å². The fraction of sp³-hybridized carbons (Fsp3) is 0.0667. The molecule has 2 rings (SSSR count). The Bertz CT molecular complexity index is 711. The molecule has 0 aliphatic carbocycles. The standard InChI is InChI=1S/C15H11BrINO4/c16-11-3-1-2-4-12(11)18-14(19)9-21-15(20)8-6-10-5-7-13(17)22-10/h1-8H,9H2,(H,18,19)/b8-6+. The van der Waals surface area contributed by atoms with E-state index >= 15 is 0 Å². The van der Waals surface area contributed by atoms with Crippen molar-refractivity contribution >= 4 is 62.2 Å². The summed E-state index contributed by atoms with van der Waals surface area (Å²) in [5.41, 5.74) is 0.615. The molecule has 0 saturated heterocycles. The fourth-order valence-corrected chi connectivity index (χ4v) is 2.32. The van der Waals surface area contributed by atoms with Crippen LogP contribution < -0.4 is 5.32 Å². The van der Waals surface area contributed by atoms with E-state index < -0.39 is 11.9 Å². The van der Waals surface area contributed by atoms with E-state index in [0.717, 1.165) is 8.24 Å². The van der Waals surface area contributed by atoms with Crippen LogP contribution in [0.25, 0.3) is 6.08 Å². The van der Waals surface area contributed by atoms with Gasteiger partial charge in [-0.1, -0.05) is 12.1 Å². The molecule has 114 valence electrons. The highest BCUT2D eigenvalue weighted by molar-refractivity contribution is 14.1. The number of anilines is 1. The monoisotopic (exact) mass is 475 g/mol. The van der Waals surface area contributed by atoms with Gasteiger partial charge in [0, 0.05) is 10.5 Å². The summed E-state index contributed by atoms with van der Waals surface area (Å²) >= 11 is 5.34. The summed E-state index contributed by atoms with van der Waals surface area (Å²) in [5, 5.41) is 2.64. The second-order valence-corrected chi connectivity index (χ2v) is 6.03. The number of amides is 1. The van der Waals surface area contributed by atoms with Crippen molar-refractivity contribution in [1.29, 1.82) is 0 Å². The van der Waals surface area contributed by atoms with Crippen LogP contribution in [0.4, 0.5) is 5.69 Å². The zero-order chi connectivity index (χ0) is 15.9. The van der Waals surface area contributed by atoms with Crippen LogP contribution in [-0.4, -0.2) is 18.5 Å². The Kier molecular flexibility index (Phi) is 6.20. The Hall–Kier alpha value is -1.61. The molecular weight excluding hydrogens is 465 g/mol. The summed E-state index contributed by atoms with van der Waals surface area (Å²) < 4.78 is 11.6. The predicted molar refractivity (Wildman–Crippen MR) is 94.2 cm³/mol. The van der Waals surface area contributed by atoms with Crippen molar-refractivity contribution in [2.45, 2.75) is 0 Å². The first kappa shape index (κ1) is 16.8. The van der Waals surface area contributed by atoms with Crippen molar-refractivity contribution in [1.82, 2.24) is 0 Å². The lowest BCUT2D eigenvalue weighted by Crippen LogP contribution is -2.20. The molecule has 1 aromatic heterocycles. The number of benzene rings is 1. The number of carbonyl (C=O) groups is 2. The van der Waals surface area contributed by atoms with Crippen LogP contribution in [-0.2, 0) is 14.3 Å². The number of ether oxygens (including phenoxy) is 1. The minimum atomic E-state index is -0.617. The number of halogens is 2. The third-order valence-electron chi connectivity index (χ3n) is 2.47. The molecule has 0 unspecified atom stereocenters. The van der Waals surface area contributed by atoms with E-state index in [1.165, 1.54) is 12.2 Å². The smallest absolute Gasteiger partial charge is 0.331 e. The highest BCUT2D eigenvalue weighted by Crippen LogP contribution is 2.20. The Labute approximate surface area is 149 Å². The van der Waals surface area contributed by atoms with Crippen molar-refractivity contribution in [3.63, 3.8) is 0 Å². The van der Waals surface area contributed by atoms with Gasteiger partial charge in [-0.25, -0.2) is 4.79 Å². The first-order valence-electron chi connectivity index (χ1n) is 6.19. The van der Waals surface area contributed by atoms with Gasteiger partial charge >= 0.3 is 5.97 Å². The first-order chi connectivity index (χ1) is 10.5. The van der Waals surface area contributed by atoms with Gasteiger partial charge in [0.2, 0.25) is 0 Å². The number of hydrogen-bond donors (Lipinski definition) is 1. The van der Waals surface area contributed by atoms with Gasteiger partial charge in [-0.05, 0) is 68.9 Å². The van der Waals surface area contributed by atoms with E-state index in [9.17, 15) is 9.59 Å². The highest BCUT2D eigenvalue weighted by atomic mass is 127. The van der Waals surface area contributed by atoms with Gasteiger partial charge < -0.3 is 14.5 Å². The maximum Gasteiger partial charge on any atom is 0.331 e. The zero-order valence-electron chi connectivity index (χ0n) is 11.2. The Morgan fingerprint density at radius 3 is 2.73 bits per heavy atom. The molecule has 0 spiro atoms. The van der Waals surface area contributed by atoms with Crippen LogP contribution in [0.1, 0.15) is 5.76 Å². The Morgan fingerprint density at radius 2 is 2.05 bits per heavy atom. The van der Waals surface area contributed by atoms with Crippen molar-refractivity contribution in [2.24, 2.45) is 0 Å². The third-order valence-corrected chi connectivity index (χ3v) is 3.74. The molecule has 0 aliphatic heterocycles. The summed E-state index contributed by atoms with van der Waals surface area (Å²) in [7, 11) is 0. The van der Waals surface area contributed by atoms with Gasteiger partial charge in [0.25, 0.3) is 5.91 Å². The number of hydrogen-bond acceptors (Lipinski definition) is 4. The van der Waals surface area contributed by atoms with E-state index in [-0.39, 0.29) is 6.61 Å². The van der Waals surface area contributed by atoms with Gasteiger partial charge in [-0.2, -0.15) is 0 Å². The number of para-hydroxylation sites is 1. The van der Waals surface area contributed by atoms with E-state index in [2.05, 4.69) is 21.2 Å². The van der Waals surface area contributed by atoms with Crippen molar-refractivity contribution in [3.8, 4) is 0 Å². The lowest BCUT2D eigenvalue weighted by molar-refractivity contribution is -0.142. The maximum atomic E-state index is 11.7. The fourth-order valence-electron chi connectivity index (χ4n) is 1.50. The van der Waals surface area contributed by atoms with Crippen LogP contribution in [0.2, 0.25) is 0 Å². The normalized spacial score (nSPS) is 10.6. The quantitative estimate of drug-likeness (QED) is 0.405.